The summed E-state index contributed by atoms with van der Waals surface area (Å²) in [6.45, 7) is 5.55. The van der Waals surface area contributed by atoms with E-state index in [4.69, 9.17) is 9.47 Å². The van der Waals surface area contributed by atoms with Crippen LogP contribution in [-0.4, -0.2) is 74.6 Å². The first-order valence-electron chi connectivity index (χ1n) is 11.4. The minimum absolute atomic E-state index is 0.0194. The van der Waals surface area contributed by atoms with E-state index in [0.29, 0.717) is 18.7 Å². The SMILES string of the molecule is CCC(=O)N(C)C[C@@H]1Oc2cc(-c3ccccc3OC)ccc2S(=O)(=O)N([C@@H](C)CO)C[C@H]1C. The Morgan fingerprint density at radius 1 is 1.29 bits per heavy atom. The zero-order valence-electron chi connectivity index (χ0n) is 20.4. The van der Waals surface area contributed by atoms with Gasteiger partial charge in [-0.25, -0.2) is 8.42 Å². The molecular weight excluding hydrogens is 456 g/mol. The smallest absolute Gasteiger partial charge is 0.247 e. The van der Waals surface area contributed by atoms with Crippen molar-refractivity contribution in [2.24, 2.45) is 5.92 Å². The second kappa shape index (κ2) is 10.8. The molecule has 1 aliphatic heterocycles. The molecule has 1 N–H and O–H groups in total. The van der Waals surface area contributed by atoms with E-state index in [9.17, 15) is 18.3 Å². The highest BCUT2D eigenvalue weighted by atomic mass is 32.2. The molecule has 2 aromatic carbocycles. The Morgan fingerprint density at radius 2 is 2.00 bits per heavy atom. The molecule has 0 saturated heterocycles. The fourth-order valence-corrected chi connectivity index (χ4v) is 5.96. The first kappa shape index (κ1) is 26.0. The topological polar surface area (TPSA) is 96.4 Å². The van der Waals surface area contributed by atoms with Gasteiger partial charge in [-0.15, -0.1) is 0 Å². The van der Waals surface area contributed by atoms with Crippen LogP contribution in [-0.2, 0) is 14.8 Å². The fourth-order valence-electron chi connectivity index (χ4n) is 4.14. The Morgan fingerprint density at radius 3 is 2.65 bits per heavy atom. The van der Waals surface area contributed by atoms with E-state index in [-0.39, 0.29) is 35.6 Å². The number of rotatable bonds is 7. The van der Waals surface area contributed by atoms with Crippen LogP contribution in [0.25, 0.3) is 11.1 Å². The Bertz CT molecular complexity index is 1120. The monoisotopic (exact) mass is 490 g/mol. The molecule has 0 aliphatic carbocycles. The van der Waals surface area contributed by atoms with Gasteiger partial charge in [0, 0.05) is 37.5 Å². The maximum absolute atomic E-state index is 13.6. The number of fused-ring (bicyclic) bond motifs is 1. The van der Waals surface area contributed by atoms with Gasteiger partial charge in [0.05, 0.1) is 20.3 Å². The van der Waals surface area contributed by atoms with Crippen LogP contribution >= 0.6 is 0 Å². The van der Waals surface area contributed by atoms with Crippen molar-refractivity contribution < 1.29 is 27.8 Å². The van der Waals surface area contributed by atoms with Gasteiger partial charge in [0.1, 0.15) is 22.5 Å². The Kier molecular flexibility index (Phi) is 8.22. The number of carbonyl (C=O) groups excluding carboxylic acids is 1. The van der Waals surface area contributed by atoms with E-state index in [1.165, 1.54) is 10.4 Å². The molecule has 1 heterocycles. The van der Waals surface area contributed by atoms with Crippen LogP contribution in [0.4, 0.5) is 0 Å². The Hall–Kier alpha value is -2.62. The van der Waals surface area contributed by atoms with Gasteiger partial charge >= 0.3 is 0 Å². The highest BCUT2D eigenvalue weighted by Crippen LogP contribution is 2.38. The van der Waals surface area contributed by atoms with Crippen LogP contribution in [0.2, 0.25) is 0 Å². The molecule has 1 aliphatic rings. The zero-order valence-corrected chi connectivity index (χ0v) is 21.2. The lowest BCUT2D eigenvalue weighted by Gasteiger charge is -2.37. The molecule has 186 valence electrons. The summed E-state index contributed by atoms with van der Waals surface area (Å²) in [6, 6.07) is 11.8. The highest BCUT2D eigenvalue weighted by Gasteiger charge is 2.38. The number of carbonyl (C=O) groups is 1. The minimum atomic E-state index is -3.94. The number of aliphatic hydroxyl groups is 1. The predicted molar refractivity (Wildman–Crippen MR) is 130 cm³/mol. The first-order chi connectivity index (χ1) is 16.1. The van der Waals surface area contributed by atoms with E-state index in [1.54, 1.807) is 45.0 Å². The van der Waals surface area contributed by atoms with Crippen molar-refractivity contribution >= 4 is 15.9 Å². The second-order valence-electron chi connectivity index (χ2n) is 8.73. The van der Waals surface area contributed by atoms with Gasteiger partial charge in [-0.2, -0.15) is 4.31 Å². The quantitative estimate of drug-likeness (QED) is 0.641. The molecule has 0 saturated carbocycles. The Labute approximate surface area is 202 Å². The fraction of sp³-hybridized carbons (Fsp3) is 0.480. The highest BCUT2D eigenvalue weighted by molar-refractivity contribution is 7.89. The third kappa shape index (κ3) is 5.21. The summed E-state index contributed by atoms with van der Waals surface area (Å²) in [5, 5.41) is 9.78. The lowest BCUT2D eigenvalue weighted by atomic mass is 10.0. The van der Waals surface area contributed by atoms with Gasteiger partial charge in [0.2, 0.25) is 15.9 Å². The number of amides is 1. The van der Waals surface area contributed by atoms with Crippen LogP contribution in [0.15, 0.2) is 47.4 Å². The van der Waals surface area contributed by atoms with Crippen LogP contribution in [0, 0.1) is 5.92 Å². The maximum atomic E-state index is 13.6. The molecule has 34 heavy (non-hydrogen) atoms. The van der Waals surface area contributed by atoms with Gasteiger partial charge in [-0.3, -0.25) is 4.79 Å². The normalized spacial score (nSPS) is 20.9. The largest absolute Gasteiger partial charge is 0.496 e. The average molecular weight is 491 g/mol. The van der Waals surface area contributed by atoms with Crippen LogP contribution < -0.4 is 9.47 Å². The number of sulfonamides is 1. The number of likely N-dealkylation sites (N-methyl/N-ethyl adjacent to an activating group) is 1. The predicted octanol–water partition coefficient (Wildman–Crippen LogP) is 3.00. The van der Waals surface area contributed by atoms with Crippen LogP contribution in [0.1, 0.15) is 27.2 Å². The van der Waals surface area contributed by atoms with Gasteiger partial charge in [0.15, 0.2) is 0 Å². The molecule has 0 radical (unpaired) electrons. The molecule has 0 spiro atoms. The maximum Gasteiger partial charge on any atom is 0.247 e. The van der Waals surface area contributed by atoms with E-state index in [0.717, 1.165) is 11.1 Å². The third-order valence-corrected chi connectivity index (χ3v) is 8.29. The second-order valence-corrected chi connectivity index (χ2v) is 10.6. The summed E-state index contributed by atoms with van der Waals surface area (Å²) in [4.78, 5) is 13.9. The summed E-state index contributed by atoms with van der Waals surface area (Å²) in [6.07, 6.45) is -0.0789. The van der Waals surface area contributed by atoms with E-state index >= 15 is 0 Å². The molecule has 0 aromatic heterocycles. The number of para-hydroxylation sites is 1. The first-order valence-corrected chi connectivity index (χ1v) is 12.9. The molecule has 0 bridgehead atoms. The van der Waals surface area contributed by atoms with Crippen molar-refractivity contribution in [1.82, 2.24) is 9.21 Å². The number of benzene rings is 2. The average Bonchev–Trinajstić information content (AvgIpc) is 2.84. The zero-order chi connectivity index (χ0) is 25.0. The van der Waals surface area contributed by atoms with E-state index in [1.807, 2.05) is 31.2 Å². The number of nitrogens with zero attached hydrogens (tertiary/aromatic N) is 2. The lowest BCUT2D eigenvalue weighted by molar-refractivity contribution is -0.131. The van der Waals surface area contributed by atoms with Crippen molar-refractivity contribution in [2.75, 3.05) is 33.9 Å². The molecule has 3 rings (SSSR count). The van der Waals surface area contributed by atoms with Crippen molar-refractivity contribution in [3.05, 3.63) is 42.5 Å². The van der Waals surface area contributed by atoms with Crippen molar-refractivity contribution in [3.8, 4) is 22.6 Å². The summed E-state index contributed by atoms with van der Waals surface area (Å²) in [7, 11) is -0.635. The minimum Gasteiger partial charge on any atom is -0.496 e. The number of hydrogen-bond donors (Lipinski definition) is 1. The van der Waals surface area contributed by atoms with Gasteiger partial charge in [-0.05, 0) is 30.7 Å². The van der Waals surface area contributed by atoms with Crippen molar-refractivity contribution in [3.63, 3.8) is 0 Å². The molecular formula is C25H34N2O6S. The third-order valence-electron chi connectivity index (χ3n) is 6.27. The van der Waals surface area contributed by atoms with Gasteiger partial charge in [-0.1, -0.05) is 38.1 Å². The summed E-state index contributed by atoms with van der Waals surface area (Å²) < 4.78 is 40.4. The summed E-state index contributed by atoms with van der Waals surface area (Å²) >= 11 is 0. The van der Waals surface area contributed by atoms with Gasteiger partial charge in [0.25, 0.3) is 0 Å². The van der Waals surface area contributed by atoms with Crippen LogP contribution in [0.5, 0.6) is 11.5 Å². The standard InChI is InChI=1S/C25H34N2O6S/c1-6-25(29)26(4)15-23-17(2)14-27(18(3)16-28)34(30,31)24-12-11-19(13-22(24)33-23)20-9-7-8-10-21(20)32-5/h7-13,17-18,23,28H,6,14-16H2,1-5H3/t17-,18+,23+/m1/s1. The summed E-state index contributed by atoms with van der Waals surface area (Å²) in [5.41, 5.74) is 1.55. The Balaban J connectivity index is 2.15. The number of aliphatic hydroxyl groups excluding tert-OH is 1. The number of hydrogen-bond acceptors (Lipinski definition) is 6. The lowest BCUT2D eigenvalue weighted by Crippen LogP contribution is -2.50. The summed E-state index contributed by atoms with van der Waals surface area (Å²) in [5.74, 6) is 0.616. The van der Waals surface area contributed by atoms with E-state index in [2.05, 4.69) is 0 Å². The molecule has 0 fully saturated rings. The molecule has 9 heteroatoms. The molecule has 8 nitrogen and oxygen atoms in total. The van der Waals surface area contributed by atoms with Gasteiger partial charge < -0.3 is 19.5 Å². The molecule has 3 atom stereocenters. The van der Waals surface area contributed by atoms with Crippen molar-refractivity contribution in [1.29, 1.82) is 0 Å². The van der Waals surface area contributed by atoms with E-state index < -0.39 is 22.2 Å². The van der Waals surface area contributed by atoms with Crippen LogP contribution in [0.3, 0.4) is 0 Å². The molecule has 1 amide bonds. The molecule has 0 unspecified atom stereocenters. The van der Waals surface area contributed by atoms with Crippen molar-refractivity contribution in [2.45, 2.75) is 44.2 Å². The molecule has 2 aromatic rings. The number of ether oxygens (including phenoxy) is 2. The number of methoxy groups -OCH3 is 1.